The summed E-state index contributed by atoms with van der Waals surface area (Å²) in [6.07, 6.45) is 8.33. The predicted molar refractivity (Wildman–Crippen MR) is 30.9 cm³/mol. The molecule has 0 spiro atoms. The van der Waals surface area contributed by atoms with E-state index in [-0.39, 0.29) is 6.23 Å². The first-order valence-corrected chi connectivity index (χ1v) is 2.47. The number of allylic oxidation sites excluding steroid dienone is 2. The quantitative estimate of drug-likeness (QED) is 0.528. The summed E-state index contributed by atoms with van der Waals surface area (Å²) >= 11 is 0. The maximum atomic E-state index is 4.92. The standard InChI is InChI=1S/C6H8NO/c1-8-6-4-2-3-5-7-6/h2,4-7H,1H3. The molecule has 0 fully saturated rings. The van der Waals surface area contributed by atoms with E-state index in [1.165, 1.54) is 0 Å². The SMILES string of the molecule is COC1C=C[C]=CN1. The molecule has 1 rings (SSSR count). The maximum Gasteiger partial charge on any atom is 0.146 e. The fourth-order valence-electron chi connectivity index (χ4n) is 0.523. The molecule has 1 unspecified atom stereocenters. The van der Waals surface area contributed by atoms with Crippen LogP contribution in [0.3, 0.4) is 0 Å². The fourth-order valence-corrected chi connectivity index (χ4v) is 0.523. The molecule has 8 heavy (non-hydrogen) atoms. The Balaban J connectivity index is 2.40. The second kappa shape index (κ2) is 2.52. The van der Waals surface area contributed by atoms with Crippen LogP contribution in [0.4, 0.5) is 0 Å². The summed E-state index contributed by atoms with van der Waals surface area (Å²) in [6, 6.07) is 0. The molecule has 0 bridgehead atoms. The van der Waals surface area contributed by atoms with Crippen molar-refractivity contribution in [2.75, 3.05) is 7.11 Å². The van der Waals surface area contributed by atoms with Crippen LogP contribution in [0.25, 0.3) is 0 Å². The smallest absolute Gasteiger partial charge is 0.146 e. The van der Waals surface area contributed by atoms with Gasteiger partial charge in [0.25, 0.3) is 0 Å². The van der Waals surface area contributed by atoms with Crippen LogP contribution in [-0.2, 0) is 4.74 Å². The lowest BCUT2D eigenvalue weighted by Crippen LogP contribution is -2.24. The Morgan fingerprint density at radius 1 is 1.75 bits per heavy atom. The molecule has 0 aliphatic carbocycles. The fraction of sp³-hybridized carbons (Fsp3) is 0.333. The van der Waals surface area contributed by atoms with Gasteiger partial charge in [0.1, 0.15) is 6.23 Å². The van der Waals surface area contributed by atoms with E-state index in [1.807, 2.05) is 12.2 Å². The Labute approximate surface area is 48.8 Å². The zero-order chi connectivity index (χ0) is 5.82. The lowest BCUT2D eigenvalue weighted by molar-refractivity contribution is 0.123. The van der Waals surface area contributed by atoms with Gasteiger partial charge in [-0.05, 0) is 12.2 Å². The van der Waals surface area contributed by atoms with Crippen molar-refractivity contribution in [3.8, 4) is 0 Å². The van der Waals surface area contributed by atoms with Gasteiger partial charge in [-0.3, -0.25) is 0 Å². The second-order valence-corrected chi connectivity index (χ2v) is 1.49. The number of hydrogen-bond donors (Lipinski definition) is 1. The number of ether oxygens (including phenoxy) is 1. The zero-order valence-corrected chi connectivity index (χ0v) is 4.72. The number of rotatable bonds is 1. The molecule has 1 heterocycles. The number of nitrogens with one attached hydrogen (secondary N) is 1. The van der Waals surface area contributed by atoms with Crippen LogP contribution in [-0.4, -0.2) is 13.3 Å². The van der Waals surface area contributed by atoms with Crippen LogP contribution in [0.2, 0.25) is 0 Å². The summed E-state index contributed by atoms with van der Waals surface area (Å²) in [7, 11) is 1.65. The molecule has 0 saturated carbocycles. The first kappa shape index (κ1) is 5.38. The third-order valence-electron chi connectivity index (χ3n) is 0.952. The van der Waals surface area contributed by atoms with E-state index in [9.17, 15) is 0 Å². The summed E-state index contributed by atoms with van der Waals surface area (Å²) in [4.78, 5) is 0. The van der Waals surface area contributed by atoms with Gasteiger partial charge in [-0.25, -0.2) is 0 Å². The molecule has 0 aromatic carbocycles. The molecule has 2 nitrogen and oxygen atoms in total. The minimum Gasteiger partial charge on any atom is -0.362 e. The van der Waals surface area contributed by atoms with E-state index >= 15 is 0 Å². The van der Waals surface area contributed by atoms with E-state index in [0.717, 1.165) is 0 Å². The Morgan fingerprint density at radius 3 is 3.00 bits per heavy atom. The average molecular weight is 110 g/mol. The molecule has 43 valence electrons. The van der Waals surface area contributed by atoms with Crippen molar-refractivity contribution in [1.82, 2.24) is 5.32 Å². The number of hydrogen-bond acceptors (Lipinski definition) is 2. The van der Waals surface area contributed by atoms with Crippen molar-refractivity contribution in [3.05, 3.63) is 24.4 Å². The Hall–Kier alpha value is -0.760. The highest BCUT2D eigenvalue weighted by Gasteiger charge is 1.97. The van der Waals surface area contributed by atoms with Gasteiger partial charge in [0.15, 0.2) is 0 Å². The minimum absolute atomic E-state index is 0.0382. The molecule has 0 amide bonds. The van der Waals surface area contributed by atoms with Gasteiger partial charge < -0.3 is 10.1 Å². The van der Waals surface area contributed by atoms with Crippen LogP contribution in [0, 0.1) is 6.08 Å². The third-order valence-corrected chi connectivity index (χ3v) is 0.952. The zero-order valence-electron chi connectivity index (χ0n) is 4.72. The van der Waals surface area contributed by atoms with Gasteiger partial charge in [0.05, 0.1) is 0 Å². The Bertz CT molecular complexity index is 118. The Kier molecular flexibility index (Phi) is 1.70. The first-order chi connectivity index (χ1) is 3.93. The van der Waals surface area contributed by atoms with Gasteiger partial charge >= 0.3 is 0 Å². The molecule has 0 aromatic heterocycles. The summed E-state index contributed by atoms with van der Waals surface area (Å²) in [6.45, 7) is 0. The minimum atomic E-state index is 0.0382. The maximum absolute atomic E-state index is 4.92. The molecule has 1 aliphatic heterocycles. The van der Waals surface area contributed by atoms with E-state index < -0.39 is 0 Å². The first-order valence-electron chi connectivity index (χ1n) is 2.47. The van der Waals surface area contributed by atoms with Gasteiger partial charge in [-0.2, -0.15) is 0 Å². The van der Waals surface area contributed by atoms with Crippen LogP contribution in [0.15, 0.2) is 18.4 Å². The highest BCUT2D eigenvalue weighted by molar-refractivity contribution is 5.03. The topological polar surface area (TPSA) is 21.3 Å². The van der Waals surface area contributed by atoms with Crippen LogP contribution in [0.5, 0.6) is 0 Å². The molecule has 1 N–H and O–H groups in total. The van der Waals surface area contributed by atoms with Gasteiger partial charge in [-0.1, -0.05) is 6.08 Å². The molecule has 1 aliphatic rings. The summed E-state index contributed by atoms with van der Waals surface area (Å²) < 4.78 is 4.92. The summed E-state index contributed by atoms with van der Waals surface area (Å²) in [5.41, 5.74) is 0. The van der Waals surface area contributed by atoms with Crippen LogP contribution < -0.4 is 5.32 Å². The van der Waals surface area contributed by atoms with Gasteiger partial charge in [0, 0.05) is 13.3 Å². The highest BCUT2D eigenvalue weighted by atomic mass is 16.5. The predicted octanol–water partition coefficient (Wildman–Crippen LogP) is 0.435. The summed E-state index contributed by atoms with van der Waals surface area (Å²) in [5, 5.41) is 2.92. The molecule has 1 atom stereocenters. The van der Waals surface area contributed by atoms with E-state index in [4.69, 9.17) is 4.74 Å². The highest BCUT2D eigenvalue weighted by Crippen LogP contribution is 1.91. The average Bonchev–Trinajstić information content (AvgIpc) is 1.90. The van der Waals surface area contributed by atoms with Crippen LogP contribution >= 0.6 is 0 Å². The van der Waals surface area contributed by atoms with E-state index in [0.29, 0.717) is 0 Å². The number of methoxy groups -OCH3 is 1. The lowest BCUT2D eigenvalue weighted by Gasteiger charge is -2.11. The van der Waals surface area contributed by atoms with Crippen LogP contribution in [0.1, 0.15) is 0 Å². The molecule has 0 saturated heterocycles. The van der Waals surface area contributed by atoms with E-state index in [2.05, 4.69) is 11.4 Å². The monoisotopic (exact) mass is 110 g/mol. The normalized spacial score (nSPS) is 25.4. The number of dihydropyridines is 1. The molecular weight excluding hydrogens is 102 g/mol. The van der Waals surface area contributed by atoms with Crippen molar-refractivity contribution in [2.45, 2.75) is 6.23 Å². The summed E-state index contributed by atoms with van der Waals surface area (Å²) in [5.74, 6) is 0. The molecular formula is C6H8NO. The van der Waals surface area contributed by atoms with Gasteiger partial charge in [-0.15, -0.1) is 0 Å². The van der Waals surface area contributed by atoms with Crippen molar-refractivity contribution in [2.24, 2.45) is 0 Å². The molecule has 1 radical (unpaired) electrons. The van der Waals surface area contributed by atoms with Crippen molar-refractivity contribution >= 4 is 0 Å². The van der Waals surface area contributed by atoms with Crippen molar-refractivity contribution in [1.29, 1.82) is 0 Å². The second-order valence-electron chi connectivity index (χ2n) is 1.49. The lowest BCUT2D eigenvalue weighted by atomic mass is 10.4. The van der Waals surface area contributed by atoms with E-state index in [1.54, 1.807) is 13.3 Å². The molecule has 2 heteroatoms. The van der Waals surface area contributed by atoms with Gasteiger partial charge in [0.2, 0.25) is 0 Å². The van der Waals surface area contributed by atoms with Crippen molar-refractivity contribution < 1.29 is 4.74 Å². The third kappa shape index (κ3) is 1.10. The molecule has 0 aromatic rings. The Morgan fingerprint density at radius 2 is 2.62 bits per heavy atom. The van der Waals surface area contributed by atoms with Crippen molar-refractivity contribution in [3.63, 3.8) is 0 Å². The largest absolute Gasteiger partial charge is 0.362 e.